The SMILES string of the molecule is N#CC1CN(c2cccc(C(F)(F)F)c2)C(=O)N1c1cncc2ccccc12. The van der Waals surface area contributed by atoms with Crippen molar-refractivity contribution in [2.45, 2.75) is 12.2 Å². The first kappa shape index (κ1) is 17.8. The highest BCUT2D eigenvalue weighted by molar-refractivity contribution is 6.11. The van der Waals surface area contributed by atoms with Gasteiger partial charge in [0.05, 0.1) is 30.1 Å². The van der Waals surface area contributed by atoms with Gasteiger partial charge in [-0.05, 0) is 18.2 Å². The number of carbonyl (C=O) groups is 1. The number of nitrogens with zero attached hydrogens (tertiary/aromatic N) is 4. The molecule has 1 aromatic heterocycles. The number of urea groups is 1. The smallest absolute Gasteiger partial charge is 0.291 e. The topological polar surface area (TPSA) is 60.2 Å². The van der Waals surface area contributed by atoms with Crippen LogP contribution in [0.4, 0.5) is 29.3 Å². The number of aromatic nitrogens is 1. The summed E-state index contributed by atoms with van der Waals surface area (Å²) in [6.07, 6.45) is -1.39. The van der Waals surface area contributed by atoms with Crippen LogP contribution in [0.2, 0.25) is 0 Å². The number of carbonyl (C=O) groups excluding carboxylic acids is 1. The molecule has 2 heterocycles. The van der Waals surface area contributed by atoms with Crippen LogP contribution in [0.25, 0.3) is 10.8 Å². The highest BCUT2D eigenvalue weighted by Crippen LogP contribution is 2.35. The van der Waals surface area contributed by atoms with E-state index in [1.807, 2.05) is 12.1 Å². The van der Waals surface area contributed by atoms with Gasteiger partial charge in [-0.15, -0.1) is 0 Å². The van der Waals surface area contributed by atoms with Gasteiger partial charge < -0.3 is 0 Å². The van der Waals surface area contributed by atoms with Gasteiger partial charge in [0, 0.05) is 22.7 Å². The first-order chi connectivity index (χ1) is 13.4. The van der Waals surface area contributed by atoms with E-state index in [1.54, 1.807) is 18.3 Å². The molecule has 140 valence electrons. The molecule has 0 radical (unpaired) electrons. The second-order valence-corrected chi connectivity index (χ2v) is 6.34. The number of fused-ring (bicyclic) bond motifs is 1. The Morgan fingerprint density at radius 2 is 1.89 bits per heavy atom. The zero-order valence-corrected chi connectivity index (χ0v) is 14.4. The molecule has 1 fully saturated rings. The van der Waals surface area contributed by atoms with E-state index in [9.17, 15) is 23.2 Å². The first-order valence-electron chi connectivity index (χ1n) is 8.40. The molecule has 0 spiro atoms. The van der Waals surface area contributed by atoms with Gasteiger partial charge in [-0.25, -0.2) is 4.79 Å². The second-order valence-electron chi connectivity index (χ2n) is 6.34. The van der Waals surface area contributed by atoms with E-state index < -0.39 is 23.8 Å². The van der Waals surface area contributed by atoms with E-state index in [-0.39, 0.29) is 12.2 Å². The predicted molar refractivity (Wildman–Crippen MR) is 97.8 cm³/mol. The van der Waals surface area contributed by atoms with Crippen molar-refractivity contribution >= 4 is 28.2 Å². The largest absolute Gasteiger partial charge is 0.416 e. The minimum atomic E-state index is -4.52. The van der Waals surface area contributed by atoms with Crippen molar-refractivity contribution in [3.8, 4) is 6.07 Å². The summed E-state index contributed by atoms with van der Waals surface area (Å²) in [5.41, 5.74) is -0.309. The molecular weight excluding hydrogens is 369 g/mol. The molecule has 28 heavy (non-hydrogen) atoms. The zero-order valence-electron chi connectivity index (χ0n) is 14.4. The number of anilines is 2. The first-order valence-corrected chi connectivity index (χ1v) is 8.40. The van der Waals surface area contributed by atoms with Gasteiger partial charge in [-0.3, -0.25) is 14.8 Å². The average molecular weight is 382 g/mol. The summed E-state index contributed by atoms with van der Waals surface area (Å²) in [5, 5.41) is 11.1. The number of amides is 2. The van der Waals surface area contributed by atoms with Gasteiger partial charge in [-0.1, -0.05) is 30.3 Å². The van der Waals surface area contributed by atoms with Gasteiger partial charge in [0.1, 0.15) is 6.04 Å². The third-order valence-corrected chi connectivity index (χ3v) is 4.65. The molecule has 2 aromatic carbocycles. The number of benzene rings is 2. The molecule has 1 aliphatic rings. The van der Waals surface area contributed by atoms with E-state index in [4.69, 9.17) is 0 Å². The molecule has 8 heteroatoms. The van der Waals surface area contributed by atoms with E-state index >= 15 is 0 Å². The summed E-state index contributed by atoms with van der Waals surface area (Å²) in [7, 11) is 0. The monoisotopic (exact) mass is 382 g/mol. The second kappa shape index (κ2) is 6.53. The summed E-state index contributed by atoms with van der Waals surface area (Å²) >= 11 is 0. The molecule has 0 bridgehead atoms. The Hall–Kier alpha value is -3.60. The van der Waals surface area contributed by atoms with Crippen LogP contribution in [-0.4, -0.2) is 23.6 Å². The summed E-state index contributed by atoms with van der Waals surface area (Å²) in [6, 6.07) is 12.4. The van der Waals surface area contributed by atoms with Crippen molar-refractivity contribution in [3.63, 3.8) is 0 Å². The lowest BCUT2D eigenvalue weighted by Gasteiger charge is -2.21. The van der Waals surface area contributed by atoms with Crippen molar-refractivity contribution in [1.29, 1.82) is 5.26 Å². The van der Waals surface area contributed by atoms with E-state index in [2.05, 4.69) is 11.1 Å². The van der Waals surface area contributed by atoms with Crippen LogP contribution in [0.1, 0.15) is 5.56 Å². The summed E-state index contributed by atoms with van der Waals surface area (Å²) in [5.74, 6) is 0. The van der Waals surface area contributed by atoms with Crippen LogP contribution >= 0.6 is 0 Å². The molecule has 1 atom stereocenters. The van der Waals surface area contributed by atoms with Crippen LogP contribution in [0, 0.1) is 11.3 Å². The highest BCUT2D eigenvalue weighted by Gasteiger charge is 2.41. The molecule has 1 aliphatic heterocycles. The molecule has 0 aliphatic carbocycles. The Morgan fingerprint density at radius 1 is 1.11 bits per heavy atom. The standard InChI is InChI=1S/C20H13F3N4O/c21-20(22,23)14-5-3-6-15(8-14)26-12-16(9-24)27(19(26)28)18-11-25-10-13-4-1-2-7-17(13)18/h1-8,10-11,16H,12H2. The van der Waals surface area contributed by atoms with Crippen molar-refractivity contribution in [2.24, 2.45) is 0 Å². The van der Waals surface area contributed by atoms with E-state index in [0.29, 0.717) is 5.69 Å². The Kier molecular flexibility index (Phi) is 4.15. The number of rotatable bonds is 2. The third kappa shape index (κ3) is 2.91. The number of hydrogen-bond acceptors (Lipinski definition) is 3. The van der Waals surface area contributed by atoms with E-state index in [1.165, 1.54) is 28.1 Å². The van der Waals surface area contributed by atoms with Crippen LogP contribution in [0.5, 0.6) is 0 Å². The Labute approximate surface area is 158 Å². The van der Waals surface area contributed by atoms with Crippen molar-refractivity contribution in [3.05, 3.63) is 66.5 Å². The summed E-state index contributed by atoms with van der Waals surface area (Å²) in [6.45, 7) is -0.0418. The number of nitriles is 1. The third-order valence-electron chi connectivity index (χ3n) is 4.65. The normalized spacial score (nSPS) is 17.2. The van der Waals surface area contributed by atoms with Gasteiger partial charge in [0.2, 0.25) is 0 Å². The Balaban J connectivity index is 1.78. The lowest BCUT2D eigenvalue weighted by molar-refractivity contribution is -0.137. The average Bonchev–Trinajstić information content (AvgIpc) is 3.03. The lowest BCUT2D eigenvalue weighted by Crippen LogP contribution is -2.34. The van der Waals surface area contributed by atoms with Crippen LogP contribution in [0.3, 0.4) is 0 Å². The Bertz CT molecular complexity index is 1100. The molecule has 0 saturated carbocycles. The molecule has 4 rings (SSSR count). The minimum absolute atomic E-state index is 0.0418. The number of halogens is 3. The Morgan fingerprint density at radius 3 is 2.64 bits per heavy atom. The number of pyridine rings is 1. The lowest BCUT2D eigenvalue weighted by atomic mass is 10.1. The fourth-order valence-electron chi connectivity index (χ4n) is 3.32. The molecule has 3 aromatic rings. The van der Waals surface area contributed by atoms with Gasteiger partial charge >= 0.3 is 12.2 Å². The highest BCUT2D eigenvalue weighted by atomic mass is 19.4. The number of alkyl halides is 3. The molecular formula is C20H13F3N4O. The molecule has 5 nitrogen and oxygen atoms in total. The van der Waals surface area contributed by atoms with Crippen LogP contribution in [-0.2, 0) is 6.18 Å². The van der Waals surface area contributed by atoms with Crippen LogP contribution in [0.15, 0.2) is 60.9 Å². The quantitative estimate of drug-likeness (QED) is 0.651. The maximum absolute atomic E-state index is 13.1. The summed E-state index contributed by atoms with van der Waals surface area (Å²) < 4.78 is 39.1. The molecule has 1 saturated heterocycles. The van der Waals surface area contributed by atoms with Crippen LogP contribution < -0.4 is 9.80 Å². The van der Waals surface area contributed by atoms with Gasteiger partial charge in [-0.2, -0.15) is 18.4 Å². The predicted octanol–water partition coefficient (Wildman–Crippen LogP) is 4.59. The fraction of sp³-hybridized carbons (Fsp3) is 0.150. The van der Waals surface area contributed by atoms with Crippen molar-refractivity contribution < 1.29 is 18.0 Å². The molecule has 2 amide bonds. The van der Waals surface area contributed by atoms with Crippen molar-refractivity contribution in [2.75, 3.05) is 16.3 Å². The van der Waals surface area contributed by atoms with E-state index in [0.717, 1.165) is 22.9 Å². The maximum Gasteiger partial charge on any atom is 0.416 e. The maximum atomic E-state index is 13.1. The van der Waals surface area contributed by atoms with Crippen molar-refractivity contribution in [1.82, 2.24) is 4.98 Å². The number of hydrogen-bond donors (Lipinski definition) is 0. The van der Waals surface area contributed by atoms with Gasteiger partial charge in [0.25, 0.3) is 0 Å². The molecule has 1 unspecified atom stereocenters. The zero-order chi connectivity index (χ0) is 19.9. The molecule has 0 N–H and O–H groups in total. The summed E-state index contributed by atoms with van der Waals surface area (Å²) in [4.78, 5) is 19.7. The minimum Gasteiger partial charge on any atom is -0.291 e. The fourth-order valence-corrected chi connectivity index (χ4v) is 3.32. The van der Waals surface area contributed by atoms with Gasteiger partial charge in [0.15, 0.2) is 0 Å².